The molecule has 3 amide bonds. The number of fused-ring (bicyclic) bond motifs is 2. The largest absolute Gasteiger partial charge is 0.479 e. The molecule has 3 fully saturated rings. The third-order valence-corrected chi connectivity index (χ3v) is 13.3. The molecule has 4 aliphatic rings. The minimum absolute atomic E-state index is 0.0145. The molecule has 0 saturated carbocycles. The van der Waals surface area contributed by atoms with E-state index in [1.807, 2.05) is 41.8 Å². The van der Waals surface area contributed by atoms with Gasteiger partial charge in [-0.05, 0) is 115 Å². The number of nitrogens with zero attached hydrogens (tertiary/aromatic N) is 2. The lowest BCUT2D eigenvalue weighted by molar-refractivity contribution is -0.148. The molecular formula is C50H58Cl3F3N8O9. The number of Topliss-reactive ketones (excluding diaryl/α,β-unsaturated/α-hetero) is 4. The summed E-state index contributed by atoms with van der Waals surface area (Å²) in [5.74, 6) is -8.58. The lowest BCUT2D eigenvalue weighted by Gasteiger charge is -2.56. The summed E-state index contributed by atoms with van der Waals surface area (Å²) in [5, 5.41) is 22.6. The Morgan fingerprint density at radius 3 is 1.63 bits per heavy atom. The van der Waals surface area contributed by atoms with Gasteiger partial charge in [-0.1, -0.05) is 53.0 Å². The Labute approximate surface area is 435 Å². The summed E-state index contributed by atoms with van der Waals surface area (Å²) in [6.45, 7) is 10.7. The van der Waals surface area contributed by atoms with Gasteiger partial charge in [0.05, 0.1) is 27.0 Å². The van der Waals surface area contributed by atoms with Crippen LogP contribution in [-0.2, 0) is 51.2 Å². The van der Waals surface area contributed by atoms with Crippen molar-refractivity contribution in [2.24, 2.45) is 5.73 Å². The molecule has 8 N–H and O–H groups in total. The standard InChI is InChI=1S/C18H24ClFN4O2.C18H20ClFN2O3.C14H14ClFN2O4/c1-23-8-17(21)7-18(10-23,11-24(2)9-17)22-16(26)15(25)6-12-3-4-13(19)14(20)5-12;1-17(2)9-11(18(3,4)22-17)14(23)8-15(24)16(25)21-10-5-6-12(19)13(20)7-10;15-9-2-1-8(5-10(9)16)6-11(19)12(20)18-14(13(21)22)3-4-17-7-14/h3-5H,6-11,21H2,1-2H3,(H,22,26);5-7,9,22H,8H2,1-4H3,(H,21,25);1-2,5,17H,3-4,6-7H2,(H,18,20)(H,21,22). The van der Waals surface area contributed by atoms with Gasteiger partial charge < -0.3 is 41.9 Å². The Hall–Kier alpha value is -5.58. The number of anilines is 1. The highest BCUT2D eigenvalue weighted by Gasteiger charge is 2.51. The summed E-state index contributed by atoms with van der Waals surface area (Å²) in [5.41, 5.74) is 4.35. The number of carbonyl (C=O) groups is 8. The van der Waals surface area contributed by atoms with Crippen molar-refractivity contribution in [2.45, 2.75) is 87.5 Å². The van der Waals surface area contributed by atoms with E-state index in [2.05, 4.69) is 36.4 Å². The minimum atomic E-state index is -1.47. The van der Waals surface area contributed by atoms with Crippen molar-refractivity contribution in [3.63, 3.8) is 0 Å². The van der Waals surface area contributed by atoms with E-state index in [0.29, 0.717) is 37.2 Å². The number of likely N-dealkylation sites (N-methyl/N-ethyl adjacent to an activating group) is 2. The van der Waals surface area contributed by atoms with Crippen molar-refractivity contribution in [2.75, 3.05) is 58.7 Å². The van der Waals surface area contributed by atoms with Crippen LogP contribution < -0.4 is 32.3 Å². The molecule has 0 spiro atoms. The zero-order valence-electron chi connectivity index (χ0n) is 41.0. The maximum absolute atomic E-state index is 13.5. The fourth-order valence-corrected chi connectivity index (χ4v) is 10.1. The number of aliphatic carboxylic acids is 1. The Balaban J connectivity index is 0.000000204. The molecule has 4 heterocycles. The molecule has 2 bridgehead atoms. The smallest absolute Gasteiger partial charge is 0.330 e. The molecule has 23 heteroatoms. The number of piperidine rings is 2. The average Bonchev–Trinajstić information content (AvgIpc) is 3.84. The molecule has 0 aromatic heterocycles. The van der Waals surface area contributed by atoms with E-state index < -0.39 is 92.9 Å². The van der Waals surface area contributed by atoms with Crippen molar-refractivity contribution in [3.8, 4) is 0 Å². The summed E-state index contributed by atoms with van der Waals surface area (Å²) in [6, 6.07) is 11.5. The van der Waals surface area contributed by atoms with E-state index in [9.17, 15) is 56.6 Å². The number of carboxylic acid groups (broad SMARTS) is 1. The van der Waals surface area contributed by atoms with E-state index in [1.54, 1.807) is 12.1 Å². The van der Waals surface area contributed by atoms with Crippen LogP contribution in [0.1, 0.15) is 58.1 Å². The normalized spacial score (nSPS) is 22.8. The molecule has 0 radical (unpaired) electrons. The lowest BCUT2D eigenvalue weighted by atomic mass is 9.74. The van der Waals surface area contributed by atoms with E-state index >= 15 is 0 Å². The molecule has 1 unspecified atom stereocenters. The van der Waals surface area contributed by atoms with Gasteiger partial charge in [0.1, 0.15) is 17.5 Å². The summed E-state index contributed by atoms with van der Waals surface area (Å²) in [6.07, 6.45) is 1.54. The molecule has 394 valence electrons. The van der Waals surface area contributed by atoms with E-state index in [4.69, 9.17) is 40.5 Å². The Kier molecular flexibility index (Phi) is 18.6. The molecule has 3 aromatic rings. The molecule has 1 atom stereocenters. The summed E-state index contributed by atoms with van der Waals surface area (Å²) < 4.78 is 40.2. The van der Waals surface area contributed by atoms with Crippen LogP contribution >= 0.6 is 34.8 Å². The number of ketones is 4. The highest BCUT2D eigenvalue weighted by Crippen LogP contribution is 2.33. The molecule has 3 saturated heterocycles. The van der Waals surface area contributed by atoms with Crippen LogP contribution in [0.5, 0.6) is 0 Å². The fourth-order valence-electron chi connectivity index (χ4n) is 9.78. The number of hydrogen-bond acceptors (Lipinski definition) is 13. The third kappa shape index (κ3) is 15.5. The number of amides is 3. The molecular weight excluding hydrogens is 1020 g/mol. The van der Waals surface area contributed by atoms with Gasteiger partial charge >= 0.3 is 5.97 Å². The maximum Gasteiger partial charge on any atom is 0.330 e. The van der Waals surface area contributed by atoms with E-state index in [-0.39, 0.29) is 57.7 Å². The zero-order valence-corrected chi connectivity index (χ0v) is 43.3. The average molecular weight is 1080 g/mol. The van der Waals surface area contributed by atoms with Crippen molar-refractivity contribution in [1.82, 2.24) is 31.1 Å². The first-order chi connectivity index (χ1) is 33.8. The second-order valence-corrected chi connectivity index (χ2v) is 21.4. The number of benzene rings is 3. The van der Waals surface area contributed by atoms with Gasteiger partial charge in [0.15, 0.2) is 11.3 Å². The topological polar surface area (TPSA) is 249 Å². The van der Waals surface area contributed by atoms with Gasteiger partial charge in [0.25, 0.3) is 17.7 Å². The Bertz CT molecular complexity index is 2720. The molecule has 0 aliphatic carbocycles. The second kappa shape index (κ2) is 23.3. The molecule has 17 nitrogen and oxygen atoms in total. The monoisotopic (exact) mass is 1080 g/mol. The third-order valence-electron chi connectivity index (χ3n) is 12.4. The predicted molar refractivity (Wildman–Crippen MR) is 268 cm³/mol. The first-order valence-electron chi connectivity index (χ1n) is 22.9. The molecule has 73 heavy (non-hydrogen) atoms. The van der Waals surface area contributed by atoms with Crippen LogP contribution in [0, 0.1) is 17.5 Å². The SMILES string of the molecule is CC1(C)C=C(C(=O)CC(=O)C(=O)Nc2ccc(Cl)c(F)c2)C(C)(C)N1.CN1CC2(N)CN(C)CC(NC(=O)C(=O)Cc3ccc(Cl)c(F)c3)(C1)C2.O=C(Cc1ccc(Cl)c(F)c1)C(=O)NC1(C(=O)O)CCNC1. The number of hydrogen-bond donors (Lipinski definition) is 7. The van der Waals surface area contributed by atoms with Gasteiger partial charge in [-0.3, -0.25) is 38.9 Å². The second-order valence-electron chi connectivity index (χ2n) is 20.2. The highest BCUT2D eigenvalue weighted by molar-refractivity contribution is 6.44. The molecule has 4 aliphatic heterocycles. The molecule has 3 aromatic carbocycles. The fraction of sp³-hybridized carbons (Fsp3) is 0.440. The maximum atomic E-state index is 13.5. The zero-order chi connectivity index (χ0) is 54.4. The van der Waals surface area contributed by atoms with Crippen LogP contribution in [0.2, 0.25) is 15.1 Å². The van der Waals surface area contributed by atoms with Crippen LogP contribution in [0.4, 0.5) is 18.9 Å². The number of likely N-dealkylation sites (tertiary alicyclic amines) is 2. The van der Waals surface area contributed by atoms with Gasteiger partial charge in [-0.2, -0.15) is 0 Å². The predicted octanol–water partition coefficient (Wildman–Crippen LogP) is 3.98. The number of halogens is 6. The first-order valence-corrected chi connectivity index (χ1v) is 24.0. The quantitative estimate of drug-likeness (QED) is 0.0892. The highest BCUT2D eigenvalue weighted by atomic mass is 35.5. The van der Waals surface area contributed by atoms with Crippen molar-refractivity contribution < 1.29 is 56.6 Å². The Morgan fingerprint density at radius 1 is 0.699 bits per heavy atom. The van der Waals surface area contributed by atoms with Gasteiger partial charge in [-0.25, -0.2) is 18.0 Å². The molecule has 7 rings (SSSR count). The van der Waals surface area contributed by atoms with Crippen LogP contribution in [-0.4, -0.2) is 143 Å². The van der Waals surface area contributed by atoms with Gasteiger partial charge in [0.2, 0.25) is 17.3 Å². The summed E-state index contributed by atoms with van der Waals surface area (Å²) >= 11 is 16.7. The number of carbonyl (C=O) groups excluding carboxylic acids is 7. The number of nitrogens with one attached hydrogen (secondary N) is 5. The van der Waals surface area contributed by atoms with Crippen molar-refractivity contribution >= 4 is 87.3 Å². The summed E-state index contributed by atoms with van der Waals surface area (Å²) in [7, 11) is 3.93. The number of carboxylic acids is 1. The Morgan fingerprint density at radius 2 is 1.19 bits per heavy atom. The van der Waals surface area contributed by atoms with Gasteiger partial charge in [-0.15, -0.1) is 0 Å². The van der Waals surface area contributed by atoms with Gasteiger partial charge in [0, 0.05) is 73.4 Å². The number of rotatable bonds is 14. The number of nitrogens with two attached hydrogens (primary N) is 1. The van der Waals surface area contributed by atoms with Crippen LogP contribution in [0.3, 0.4) is 0 Å². The van der Waals surface area contributed by atoms with E-state index in [0.717, 1.165) is 25.2 Å². The minimum Gasteiger partial charge on any atom is -0.479 e. The van der Waals surface area contributed by atoms with E-state index in [1.165, 1.54) is 36.4 Å². The first kappa shape index (κ1) is 58.3. The van der Waals surface area contributed by atoms with Crippen molar-refractivity contribution in [3.05, 3.63) is 110 Å². The van der Waals surface area contributed by atoms with Crippen LogP contribution in [0.25, 0.3) is 0 Å². The lowest BCUT2D eigenvalue weighted by Crippen LogP contribution is -2.77. The van der Waals surface area contributed by atoms with Crippen LogP contribution in [0.15, 0.2) is 66.2 Å². The summed E-state index contributed by atoms with van der Waals surface area (Å²) in [4.78, 5) is 101. The van der Waals surface area contributed by atoms with Crippen molar-refractivity contribution in [1.29, 1.82) is 0 Å².